The van der Waals surface area contributed by atoms with E-state index in [1.807, 2.05) is 26.0 Å². The van der Waals surface area contributed by atoms with Crippen molar-refractivity contribution in [2.45, 2.75) is 33.6 Å². The Bertz CT molecular complexity index is 372. The Labute approximate surface area is 103 Å². The van der Waals surface area contributed by atoms with Gasteiger partial charge in [0.15, 0.2) is 0 Å². The number of ether oxygens (including phenoxy) is 2. The molecule has 3 nitrogen and oxygen atoms in total. The molecule has 0 aliphatic heterocycles. The Hall–Kier alpha value is -1.51. The summed E-state index contributed by atoms with van der Waals surface area (Å²) in [5, 5.41) is 0. The van der Waals surface area contributed by atoms with Gasteiger partial charge >= 0.3 is 5.97 Å². The highest BCUT2D eigenvalue weighted by molar-refractivity contribution is 5.91. The number of esters is 1. The van der Waals surface area contributed by atoms with E-state index in [9.17, 15) is 4.79 Å². The van der Waals surface area contributed by atoms with E-state index in [0.29, 0.717) is 18.8 Å². The highest BCUT2D eigenvalue weighted by atomic mass is 16.5. The quantitative estimate of drug-likeness (QED) is 0.711. The van der Waals surface area contributed by atoms with Gasteiger partial charge in [0.2, 0.25) is 0 Å². The Morgan fingerprint density at radius 1 is 1.24 bits per heavy atom. The van der Waals surface area contributed by atoms with Gasteiger partial charge in [-0.25, -0.2) is 4.79 Å². The normalized spacial score (nSPS) is 10.1. The van der Waals surface area contributed by atoms with Crippen LogP contribution in [0.3, 0.4) is 0 Å². The molecule has 0 fully saturated rings. The molecule has 0 heterocycles. The van der Waals surface area contributed by atoms with Gasteiger partial charge in [-0.3, -0.25) is 0 Å². The Kier molecular flexibility index (Phi) is 5.53. The molecular weight excluding hydrogens is 216 g/mol. The van der Waals surface area contributed by atoms with Crippen molar-refractivity contribution in [3.05, 3.63) is 29.3 Å². The maximum absolute atomic E-state index is 11.7. The Balaban J connectivity index is 2.88. The molecule has 0 saturated heterocycles. The van der Waals surface area contributed by atoms with Crippen LogP contribution in [0.5, 0.6) is 5.75 Å². The standard InChI is InChI=1S/C14H20O3/c1-4-9-17-12-7-8-13(11(5-2)10-12)14(15)16-6-3/h7-8,10H,4-6,9H2,1-3H3. The van der Waals surface area contributed by atoms with Crippen molar-refractivity contribution in [1.82, 2.24) is 0 Å². The van der Waals surface area contributed by atoms with E-state index in [1.165, 1.54) is 0 Å². The fraction of sp³-hybridized carbons (Fsp3) is 0.500. The molecule has 94 valence electrons. The van der Waals surface area contributed by atoms with E-state index >= 15 is 0 Å². The van der Waals surface area contributed by atoms with Crippen LogP contribution in [-0.2, 0) is 11.2 Å². The number of carbonyl (C=O) groups excluding carboxylic acids is 1. The molecule has 0 aromatic heterocycles. The molecule has 0 saturated carbocycles. The first-order chi connectivity index (χ1) is 8.22. The van der Waals surface area contributed by atoms with Gasteiger partial charge in [0.25, 0.3) is 0 Å². The van der Waals surface area contributed by atoms with Gasteiger partial charge in [0, 0.05) is 0 Å². The van der Waals surface area contributed by atoms with Crippen LogP contribution in [-0.4, -0.2) is 19.2 Å². The largest absolute Gasteiger partial charge is 0.494 e. The Morgan fingerprint density at radius 3 is 2.59 bits per heavy atom. The molecule has 0 aliphatic carbocycles. The maximum atomic E-state index is 11.7. The summed E-state index contributed by atoms with van der Waals surface area (Å²) in [6.07, 6.45) is 1.76. The molecule has 0 atom stereocenters. The zero-order chi connectivity index (χ0) is 12.7. The summed E-state index contributed by atoms with van der Waals surface area (Å²) in [5.74, 6) is 0.558. The first-order valence-electron chi connectivity index (χ1n) is 6.15. The fourth-order valence-corrected chi connectivity index (χ4v) is 1.58. The minimum atomic E-state index is -0.258. The van der Waals surface area contributed by atoms with Crippen LogP contribution in [0.25, 0.3) is 0 Å². The van der Waals surface area contributed by atoms with E-state index < -0.39 is 0 Å². The lowest BCUT2D eigenvalue weighted by Crippen LogP contribution is -2.08. The zero-order valence-electron chi connectivity index (χ0n) is 10.8. The molecule has 0 spiro atoms. The summed E-state index contributed by atoms with van der Waals surface area (Å²) >= 11 is 0. The van der Waals surface area contributed by atoms with Gasteiger partial charge in [0.05, 0.1) is 18.8 Å². The van der Waals surface area contributed by atoms with Gasteiger partial charge in [-0.1, -0.05) is 13.8 Å². The lowest BCUT2D eigenvalue weighted by Gasteiger charge is -2.10. The van der Waals surface area contributed by atoms with Crippen molar-refractivity contribution in [2.24, 2.45) is 0 Å². The number of hydrogen-bond donors (Lipinski definition) is 0. The lowest BCUT2D eigenvalue weighted by atomic mass is 10.1. The number of rotatable bonds is 6. The van der Waals surface area contributed by atoms with Gasteiger partial charge in [-0.15, -0.1) is 0 Å². The molecule has 3 heteroatoms. The molecule has 0 unspecified atom stereocenters. The third-order valence-corrected chi connectivity index (χ3v) is 2.43. The molecule has 17 heavy (non-hydrogen) atoms. The van der Waals surface area contributed by atoms with Crippen LogP contribution in [0.4, 0.5) is 0 Å². The van der Waals surface area contributed by atoms with E-state index in [4.69, 9.17) is 9.47 Å². The monoisotopic (exact) mass is 236 g/mol. The second-order valence-corrected chi connectivity index (χ2v) is 3.74. The van der Waals surface area contributed by atoms with Gasteiger partial charge in [0.1, 0.15) is 5.75 Å². The van der Waals surface area contributed by atoms with Crippen molar-refractivity contribution < 1.29 is 14.3 Å². The zero-order valence-corrected chi connectivity index (χ0v) is 10.8. The van der Waals surface area contributed by atoms with Crippen molar-refractivity contribution in [3.8, 4) is 5.75 Å². The minimum absolute atomic E-state index is 0.258. The van der Waals surface area contributed by atoms with Crippen molar-refractivity contribution in [1.29, 1.82) is 0 Å². The van der Waals surface area contributed by atoms with Crippen molar-refractivity contribution >= 4 is 5.97 Å². The highest BCUT2D eigenvalue weighted by Crippen LogP contribution is 2.19. The summed E-state index contributed by atoms with van der Waals surface area (Å²) in [4.78, 5) is 11.7. The van der Waals surface area contributed by atoms with Crippen molar-refractivity contribution in [2.75, 3.05) is 13.2 Å². The summed E-state index contributed by atoms with van der Waals surface area (Å²) in [6, 6.07) is 5.52. The average molecular weight is 236 g/mol. The van der Waals surface area contributed by atoms with Crippen LogP contribution in [0.15, 0.2) is 18.2 Å². The predicted molar refractivity (Wildman–Crippen MR) is 67.6 cm³/mol. The van der Waals surface area contributed by atoms with Crippen LogP contribution >= 0.6 is 0 Å². The van der Waals surface area contributed by atoms with Crippen LogP contribution in [0.1, 0.15) is 43.1 Å². The molecule has 0 N–H and O–H groups in total. The topological polar surface area (TPSA) is 35.5 Å². The predicted octanol–water partition coefficient (Wildman–Crippen LogP) is 3.21. The third kappa shape index (κ3) is 3.77. The minimum Gasteiger partial charge on any atom is -0.494 e. The lowest BCUT2D eigenvalue weighted by molar-refractivity contribution is 0.0525. The van der Waals surface area contributed by atoms with Gasteiger partial charge in [-0.2, -0.15) is 0 Å². The molecule has 0 radical (unpaired) electrons. The van der Waals surface area contributed by atoms with Crippen LogP contribution in [0, 0.1) is 0 Å². The van der Waals surface area contributed by atoms with Crippen LogP contribution < -0.4 is 4.74 Å². The fourth-order valence-electron chi connectivity index (χ4n) is 1.58. The molecule has 0 aliphatic rings. The molecule has 1 aromatic rings. The molecular formula is C14H20O3. The Morgan fingerprint density at radius 2 is 2.00 bits per heavy atom. The average Bonchev–Trinajstić information content (AvgIpc) is 2.36. The second kappa shape index (κ2) is 6.94. The SMILES string of the molecule is CCCOc1ccc(C(=O)OCC)c(CC)c1. The van der Waals surface area contributed by atoms with Gasteiger partial charge in [-0.05, 0) is 43.5 Å². The van der Waals surface area contributed by atoms with Crippen LogP contribution in [0.2, 0.25) is 0 Å². The number of benzene rings is 1. The van der Waals surface area contributed by atoms with Gasteiger partial charge < -0.3 is 9.47 Å². The molecule has 1 aromatic carbocycles. The molecule has 0 amide bonds. The summed E-state index contributed by atoms with van der Waals surface area (Å²) in [5.41, 5.74) is 1.61. The number of aryl methyl sites for hydroxylation is 1. The van der Waals surface area contributed by atoms with Crippen molar-refractivity contribution in [3.63, 3.8) is 0 Å². The van der Waals surface area contributed by atoms with E-state index in [2.05, 4.69) is 6.92 Å². The summed E-state index contributed by atoms with van der Waals surface area (Å²) < 4.78 is 10.6. The number of carbonyl (C=O) groups is 1. The van der Waals surface area contributed by atoms with E-state index in [1.54, 1.807) is 6.07 Å². The smallest absolute Gasteiger partial charge is 0.338 e. The third-order valence-electron chi connectivity index (χ3n) is 2.43. The first kappa shape index (κ1) is 13.6. The molecule has 1 rings (SSSR count). The second-order valence-electron chi connectivity index (χ2n) is 3.74. The first-order valence-corrected chi connectivity index (χ1v) is 6.15. The van der Waals surface area contributed by atoms with E-state index in [0.717, 1.165) is 24.2 Å². The summed E-state index contributed by atoms with van der Waals surface area (Å²) in [7, 11) is 0. The highest BCUT2D eigenvalue weighted by Gasteiger charge is 2.12. The molecule has 0 bridgehead atoms. The van der Waals surface area contributed by atoms with E-state index in [-0.39, 0.29) is 5.97 Å². The maximum Gasteiger partial charge on any atom is 0.338 e. The summed E-state index contributed by atoms with van der Waals surface area (Å²) in [6.45, 7) is 6.98. The number of hydrogen-bond acceptors (Lipinski definition) is 3.